The third-order valence-electron chi connectivity index (χ3n) is 5.04. The Labute approximate surface area is 188 Å². The van der Waals surface area contributed by atoms with Crippen LogP contribution in [0.3, 0.4) is 0 Å². The molecule has 1 aliphatic heterocycles. The van der Waals surface area contributed by atoms with E-state index in [4.69, 9.17) is 9.47 Å². The molecule has 1 fully saturated rings. The van der Waals surface area contributed by atoms with Crippen molar-refractivity contribution >= 4 is 27.7 Å². The van der Waals surface area contributed by atoms with Gasteiger partial charge in [0.1, 0.15) is 5.75 Å². The summed E-state index contributed by atoms with van der Waals surface area (Å²) in [4.78, 5) is 27.4. The second kappa shape index (κ2) is 10.4. The highest BCUT2D eigenvalue weighted by Gasteiger charge is 2.25. The Bertz CT molecular complexity index is 1050. The number of piperazine rings is 1. The summed E-state index contributed by atoms with van der Waals surface area (Å²) in [6, 6.07) is 13.0. The molecule has 0 unspecified atom stereocenters. The van der Waals surface area contributed by atoms with Crippen molar-refractivity contribution in [1.82, 2.24) is 9.80 Å². The number of amides is 2. The first kappa shape index (κ1) is 23.4. The van der Waals surface area contributed by atoms with Crippen molar-refractivity contribution in [3.05, 3.63) is 54.1 Å². The maximum absolute atomic E-state index is 12.6. The number of rotatable bonds is 7. The highest BCUT2D eigenvalue weighted by atomic mass is 32.2. The number of carbonyl (C=O) groups is 2. The van der Waals surface area contributed by atoms with Gasteiger partial charge >= 0.3 is 6.09 Å². The van der Waals surface area contributed by atoms with Crippen LogP contribution in [0, 0.1) is 6.92 Å². The van der Waals surface area contributed by atoms with E-state index in [9.17, 15) is 18.0 Å². The van der Waals surface area contributed by atoms with Gasteiger partial charge in [0.25, 0.3) is 15.9 Å². The van der Waals surface area contributed by atoms with Gasteiger partial charge in [0.15, 0.2) is 6.61 Å². The summed E-state index contributed by atoms with van der Waals surface area (Å²) in [6.45, 7) is 5.34. The molecule has 0 saturated carbocycles. The van der Waals surface area contributed by atoms with Gasteiger partial charge in [-0.05, 0) is 49.7 Å². The predicted octanol–water partition coefficient (Wildman–Crippen LogP) is 2.48. The molecule has 1 aliphatic rings. The first-order valence-electron chi connectivity index (χ1n) is 10.3. The lowest BCUT2D eigenvalue weighted by Crippen LogP contribution is -2.51. The van der Waals surface area contributed by atoms with Gasteiger partial charge in [-0.25, -0.2) is 13.2 Å². The minimum absolute atomic E-state index is 0.0921. The number of para-hydroxylation sites is 1. The normalized spacial score (nSPS) is 14.1. The van der Waals surface area contributed by atoms with E-state index < -0.39 is 10.0 Å². The van der Waals surface area contributed by atoms with Crippen LogP contribution in [0.15, 0.2) is 53.4 Å². The average Bonchev–Trinajstić information content (AvgIpc) is 2.79. The average molecular weight is 462 g/mol. The highest BCUT2D eigenvalue weighted by Crippen LogP contribution is 2.21. The van der Waals surface area contributed by atoms with Crippen molar-refractivity contribution in [2.75, 3.05) is 44.1 Å². The Morgan fingerprint density at radius 3 is 2.22 bits per heavy atom. The number of anilines is 1. The van der Waals surface area contributed by atoms with Crippen molar-refractivity contribution in [3.63, 3.8) is 0 Å². The third kappa shape index (κ3) is 5.91. The van der Waals surface area contributed by atoms with Gasteiger partial charge < -0.3 is 19.3 Å². The molecule has 0 aromatic heterocycles. The molecule has 10 heteroatoms. The summed E-state index contributed by atoms with van der Waals surface area (Å²) in [7, 11) is -3.74. The summed E-state index contributed by atoms with van der Waals surface area (Å²) in [5, 5.41) is 0. The number of hydrogen-bond donors (Lipinski definition) is 1. The van der Waals surface area contributed by atoms with Gasteiger partial charge in [0.05, 0.1) is 17.2 Å². The molecule has 172 valence electrons. The summed E-state index contributed by atoms with van der Waals surface area (Å²) in [5.41, 5.74) is 1.33. The van der Waals surface area contributed by atoms with Crippen LogP contribution in [0.2, 0.25) is 0 Å². The minimum atomic E-state index is -3.74. The Morgan fingerprint density at radius 1 is 0.969 bits per heavy atom. The molecule has 1 heterocycles. The zero-order valence-electron chi connectivity index (χ0n) is 18.1. The quantitative estimate of drug-likeness (QED) is 0.679. The van der Waals surface area contributed by atoms with E-state index in [1.807, 2.05) is 19.1 Å². The van der Waals surface area contributed by atoms with E-state index in [0.717, 1.165) is 5.56 Å². The van der Waals surface area contributed by atoms with Crippen LogP contribution >= 0.6 is 0 Å². The molecule has 0 radical (unpaired) electrons. The van der Waals surface area contributed by atoms with Crippen molar-refractivity contribution in [2.24, 2.45) is 0 Å². The second-order valence-electron chi connectivity index (χ2n) is 7.25. The smallest absolute Gasteiger partial charge is 0.409 e. The molecule has 2 aromatic rings. The first-order chi connectivity index (χ1) is 15.3. The van der Waals surface area contributed by atoms with E-state index in [2.05, 4.69) is 4.72 Å². The standard InChI is InChI=1S/C22H27N3O6S/c1-3-30-22(27)25-14-12-24(13-15-25)21(26)16-31-18-8-10-19(11-9-18)32(28,29)23-20-7-5-4-6-17(20)2/h4-11,23H,3,12-16H2,1-2H3. The van der Waals surface area contributed by atoms with Gasteiger partial charge in [-0.1, -0.05) is 18.2 Å². The number of nitrogens with zero attached hydrogens (tertiary/aromatic N) is 2. The fourth-order valence-electron chi connectivity index (χ4n) is 3.20. The molecule has 0 spiro atoms. The predicted molar refractivity (Wildman–Crippen MR) is 119 cm³/mol. The van der Waals surface area contributed by atoms with Crippen LogP contribution in [0.25, 0.3) is 0 Å². The number of ether oxygens (including phenoxy) is 2. The molecular weight excluding hydrogens is 434 g/mol. The lowest BCUT2D eigenvalue weighted by Gasteiger charge is -2.33. The van der Waals surface area contributed by atoms with E-state index >= 15 is 0 Å². The Hall–Kier alpha value is -3.27. The van der Waals surface area contributed by atoms with Gasteiger partial charge in [0, 0.05) is 26.2 Å². The highest BCUT2D eigenvalue weighted by molar-refractivity contribution is 7.92. The maximum Gasteiger partial charge on any atom is 0.409 e. The summed E-state index contributed by atoms with van der Waals surface area (Å²) < 4.78 is 38.3. The SMILES string of the molecule is CCOC(=O)N1CCN(C(=O)COc2ccc(S(=O)(=O)Nc3ccccc3C)cc2)CC1. The van der Waals surface area contributed by atoms with Crippen LogP contribution in [0.4, 0.5) is 10.5 Å². The molecule has 1 N–H and O–H groups in total. The maximum atomic E-state index is 12.6. The lowest BCUT2D eigenvalue weighted by atomic mass is 10.2. The van der Waals surface area contributed by atoms with Crippen molar-refractivity contribution in [3.8, 4) is 5.75 Å². The topological polar surface area (TPSA) is 105 Å². The van der Waals surface area contributed by atoms with Crippen molar-refractivity contribution in [2.45, 2.75) is 18.7 Å². The molecule has 0 atom stereocenters. The zero-order chi connectivity index (χ0) is 23.1. The van der Waals surface area contributed by atoms with E-state index in [1.54, 1.807) is 28.9 Å². The van der Waals surface area contributed by atoms with Crippen LogP contribution in [-0.4, -0.2) is 69.6 Å². The molecule has 2 aromatic carbocycles. The molecule has 3 rings (SSSR count). The van der Waals surface area contributed by atoms with E-state index in [1.165, 1.54) is 24.3 Å². The van der Waals surface area contributed by atoms with Crippen LogP contribution in [0.1, 0.15) is 12.5 Å². The van der Waals surface area contributed by atoms with Gasteiger partial charge in [0.2, 0.25) is 0 Å². The molecule has 1 saturated heterocycles. The molecule has 0 aliphatic carbocycles. The molecule has 9 nitrogen and oxygen atoms in total. The fourth-order valence-corrected chi connectivity index (χ4v) is 4.33. The monoisotopic (exact) mass is 461 g/mol. The second-order valence-corrected chi connectivity index (χ2v) is 8.93. The van der Waals surface area contributed by atoms with Crippen molar-refractivity contribution in [1.29, 1.82) is 0 Å². The number of carbonyl (C=O) groups excluding carboxylic acids is 2. The van der Waals surface area contributed by atoms with Gasteiger partial charge in [-0.15, -0.1) is 0 Å². The number of hydrogen-bond acceptors (Lipinski definition) is 6. The molecule has 0 bridgehead atoms. The summed E-state index contributed by atoms with van der Waals surface area (Å²) in [5.74, 6) is 0.185. The summed E-state index contributed by atoms with van der Waals surface area (Å²) >= 11 is 0. The van der Waals surface area contributed by atoms with Crippen LogP contribution in [0.5, 0.6) is 5.75 Å². The number of nitrogens with one attached hydrogen (secondary N) is 1. The van der Waals surface area contributed by atoms with Crippen molar-refractivity contribution < 1.29 is 27.5 Å². The van der Waals surface area contributed by atoms with Gasteiger partial charge in [-0.3, -0.25) is 9.52 Å². The molecular formula is C22H27N3O6S. The first-order valence-corrected chi connectivity index (χ1v) is 11.8. The number of aryl methyl sites for hydroxylation is 1. The van der Waals surface area contributed by atoms with Crippen LogP contribution in [-0.2, 0) is 19.6 Å². The van der Waals surface area contributed by atoms with Crippen LogP contribution < -0.4 is 9.46 Å². The molecule has 2 amide bonds. The zero-order valence-corrected chi connectivity index (χ0v) is 18.9. The lowest BCUT2D eigenvalue weighted by molar-refractivity contribution is -0.134. The summed E-state index contributed by atoms with van der Waals surface area (Å²) in [6.07, 6.45) is -0.372. The number of benzene rings is 2. The Balaban J connectivity index is 1.51. The van der Waals surface area contributed by atoms with E-state index in [0.29, 0.717) is 44.2 Å². The van der Waals surface area contributed by atoms with Gasteiger partial charge in [-0.2, -0.15) is 0 Å². The number of sulfonamides is 1. The third-order valence-corrected chi connectivity index (χ3v) is 6.43. The largest absolute Gasteiger partial charge is 0.484 e. The Morgan fingerprint density at radius 2 is 1.59 bits per heavy atom. The molecule has 32 heavy (non-hydrogen) atoms. The minimum Gasteiger partial charge on any atom is -0.484 e. The fraction of sp³-hybridized carbons (Fsp3) is 0.364. The Kier molecular flexibility index (Phi) is 7.57. The van der Waals surface area contributed by atoms with E-state index in [-0.39, 0.29) is 23.5 Å².